The fraction of sp³-hybridized carbons (Fsp3) is 0.556. The molecule has 41 heavy (non-hydrogen) atoms. The number of amides is 3. The molecule has 1 fully saturated rings. The summed E-state index contributed by atoms with van der Waals surface area (Å²) in [5.74, 6) is -2.05. The van der Waals surface area contributed by atoms with E-state index in [1.165, 1.54) is 18.7 Å². The van der Waals surface area contributed by atoms with E-state index in [9.17, 15) is 32.3 Å². The van der Waals surface area contributed by atoms with Gasteiger partial charge in [-0.25, -0.2) is 4.79 Å². The highest BCUT2D eigenvalue weighted by atomic mass is 19.4. The van der Waals surface area contributed by atoms with Crippen molar-refractivity contribution < 1.29 is 41.1 Å². The Labute approximate surface area is 234 Å². The van der Waals surface area contributed by atoms with Gasteiger partial charge in [0.2, 0.25) is 5.91 Å². The number of hydrogen-bond donors (Lipinski definition) is 2. The zero-order chi connectivity index (χ0) is 30.1. The maximum atomic E-state index is 14.2. The Hall–Kier alpha value is -3.81. The van der Waals surface area contributed by atoms with Gasteiger partial charge in [0, 0.05) is 32.1 Å². The third-order valence-corrected chi connectivity index (χ3v) is 7.09. The van der Waals surface area contributed by atoms with Gasteiger partial charge < -0.3 is 29.1 Å². The maximum Gasteiger partial charge on any atom is 0.519 e. The second-order valence-corrected chi connectivity index (χ2v) is 10.6. The number of carbonyl (C=O) groups is 3. The number of ether oxygens (including phenoxy) is 1. The van der Waals surface area contributed by atoms with E-state index >= 15 is 0 Å². The zero-order valence-corrected chi connectivity index (χ0v) is 23.3. The summed E-state index contributed by atoms with van der Waals surface area (Å²) in [5, 5.41) is 5.34. The van der Waals surface area contributed by atoms with E-state index in [0.29, 0.717) is 37.5 Å². The fourth-order valence-electron chi connectivity index (χ4n) is 4.99. The fourth-order valence-corrected chi connectivity index (χ4v) is 4.99. The Morgan fingerprint density at radius 1 is 1.17 bits per heavy atom. The van der Waals surface area contributed by atoms with E-state index in [4.69, 9.17) is 13.6 Å². The molecule has 0 saturated carbocycles. The van der Waals surface area contributed by atoms with Crippen LogP contribution in [0.25, 0.3) is 0 Å². The van der Waals surface area contributed by atoms with Gasteiger partial charge in [-0.3, -0.25) is 19.3 Å². The molecule has 0 bridgehead atoms. The monoisotopic (exact) mass is 582 g/mol. The predicted molar refractivity (Wildman–Crippen MR) is 140 cm³/mol. The van der Waals surface area contributed by atoms with Gasteiger partial charge in [-0.05, 0) is 52.3 Å². The van der Waals surface area contributed by atoms with Gasteiger partial charge in [0.05, 0.1) is 23.4 Å². The highest BCUT2D eigenvalue weighted by Crippen LogP contribution is 2.44. The summed E-state index contributed by atoms with van der Waals surface area (Å²) in [6, 6.07) is 1.28. The van der Waals surface area contributed by atoms with E-state index in [2.05, 4.69) is 10.6 Å². The number of likely N-dealkylation sites (tertiary alicyclic amines) is 1. The van der Waals surface area contributed by atoms with Crippen molar-refractivity contribution in [1.29, 1.82) is 0 Å². The number of nitrogens with zero attached hydrogens (tertiary/aromatic N) is 2. The van der Waals surface area contributed by atoms with Gasteiger partial charge in [-0.1, -0.05) is 6.92 Å². The molecular formula is C27H33F3N4O7. The average molecular weight is 583 g/mol. The van der Waals surface area contributed by atoms with Gasteiger partial charge in [-0.2, -0.15) is 13.2 Å². The number of piperidine rings is 1. The smallest absolute Gasteiger partial charge is 0.476 e. The van der Waals surface area contributed by atoms with E-state index in [1.54, 1.807) is 13.8 Å². The molecule has 0 aliphatic carbocycles. The van der Waals surface area contributed by atoms with Crippen LogP contribution in [-0.4, -0.2) is 60.4 Å². The van der Waals surface area contributed by atoms with E-state index in [1.807, 2.05) is 4.90 Å². The van der Waals surface area contributed by atoms with Crippen molar-refractivity contribution in [1.82, 2.24) is 15.5 Å². The zero-order valence-electron chi connectivity index (χ0n) is 23.3. The summed E-state index contributed by atoms with van der Waals surface area (Å²) in [4.78, 5) is 52.7. The van der Waals surface area contributed by atoms with Crippen LogP contribution in [0.15, 0.2) is 25.8 Å². The molecular weight excluding hydrogens is 549 g/mol. The molecule has 2 N–H and O–H groups in total. The van der Waals surface area contributed by atoms with Crippen LogP contribution in [0, 0.1) is 6.92 Å². The lowest BCUT2D eigenvalue weighted by molar-refractivity contribution is -0.138. The summed E-state index contributed by atoms with van der Waals surface area (Å²) in [7, 11) is 0. The second kappa shape index (κ2) is 11.6. The summed E-state index contributed by atoms with van der Waals surface area (Å²) >= 11 is 0. The number of anilines is 1. The van der Waals surface area contributed by atoms with Crippen LogP contribution in [0.3, 0.4) is 0 Å². The molecule has 11 nitrogen and oxygen atoms in total. The largest absolute Gasteiger partial charge is 0.519 e. The molecule has 3 heterocycles. The van der Waals surface area contributed by atoms with E-state index < -0.39 is 46.6 Å². The van der Waals surface area contributed by atoms with E-state index in [0.717, 1.165) is 12.1 Å². The first-order valence-electron chi connectivity index (χ1n) is 13.3. The van der Waals surface area contributed by atoms with Crippen LogP contribution >= 0.6 is 0 Å². The Bertz CT molecular complexity index is 1380. The standard InChI is InChI=1S/C27H33F3N4O7/c1-5-22(35)31-8-10-34-19-11-17(18(27(28,29)30)12-20(19)41-26(3,4)24(34)37)23(36)32-16-7-6-9-33(13-16)14-21-15(2)39-25(38)40-21/h11-12,16H,5-10,13-14H2,1-4H3,(H,31,35)(H,32,36)/t16-/m1/s1. The summed E-state index contributed by atoms with van der Waals surface area (Å²) in [6.07, 6.45) is -3.47. The highest BCUT2D eigenvalue weighted by Gasteiger charge is 2.44. The van der Waals surface area contributed by atoms with Gasteiger partial charge in [0.1, 0.15) is 11.5 Å². The Morgan fingerprint density at radius 2 is 1.90 bits per heavy atom. The van der Waals surface area contributed by atoms with Crippen LogP contribution in [-0.2, 0) is 22.3 Å². The van der Waals surface area contributed by atoms with E-state index in [-0.39, 0.29) is 43.4 Å². The first-order chi connectivity index (χ1) is 19.2. The first kappa shape index (κ1) is 30.2. The van der Waals surface area contributed by atoms with Crippen molar-refractivity contribution in [2.45, 2.75) is 71.3 Å². The van der Waals surface area contributed by atoms with Crippen molar-refractivity contribution in [3.63, 3.8) is 0 Å². The molecule has 2 aliphatic rings. The number of nitrogens with one attached hydrogen (secondary N) is 2. The SMILES string of the molecule is CCC(=O)NCCN1C(=O)C(C)(C)Oc2cc(C(F)(F)F)c(C(=O)N[C@@H]3CCCN(Cc4oc(=O)oc4C)C3)cc21. The Balaban J connectivity index is 1.60. The van der Waals surface area contributed by atoms with Gasteiger partial charge in [-0.15, -0.1) is 0 Å². The number of carbonyl (C=O) groups excluding carboxylic acids is 3. The number of halogens is 3. The molecule has 224 valence electrons. The van der Waals surface area contributed by atoms with Crippen molar-refractivity contribution in [3.8, 4) is 5.75 Å². The number of fused-ring (bicyclic) bond motifs is 1. The van der Waals surface area contributed by atoms with Crippen LogP contribution in [0.5, 0.6) is 5.75 Å². The number of alkyl halides is 3. The number of rotatable bonds is 8. The highest BCUT2D eigenvalue weighted by molar-refractivity contribution is 6.05. The molecule has 2 aliphatic heterocycles. The number of benzene rings is 1. The molecule has 1 atom stereocenters. The third kappa shape index (κ3) is 6.75. The lowest BCUT2D eigenvalue weighted by Gasteiger charge is -2.39. The summed E-state index contributed by atoms with van der Waals surface area (Å²) < 4.78 is 58.1. The molecule has 2 aromatic rings. The van der Waals surface area contributed by atoms with Crippen molar-refractivity contribution in [3.05, 3.63) is 45.4 Å². The van der Waals surface area contributed by atoms with Gasteiger partial charge in [0.15, 0.2) is 11.4 Å². The van der Waals surface area contributed by atoms with Crippen LogP contribution < -0.4 is 26.1 Å². The summed E-state index contributed by atoms with van der Waals surface area (Å²) in [6.45, 7) is 7.35. The molecule has 4 rings (SSSR count). The summed E-state index contributed by atoms with van der Waals surface area (Å²) in [5.41, 5.74) is -3.30. The van der Waals surface area contributed by atoms with Crippen LogP contribution in [0.1, 0.15) is 67.5 Å². The molecule has 0 radical (unpaired) electrons. The molecule has 1 aromatic carbocycles. The van der Waals surface area contributed by atoms with Crippen LogP contribution in [0.2, 0.25) is 0 Å². The minimum atomic E-state index is -4.88. The first-order valence-corrected chi connectivity index (χ1v) is 13.3. The lowest BCUT2D eigenvalue weighted by atomic mass is 9.98. The molecule has 14 heteroatoms. The predicted octanol–water partition coefficient (Wildman–Crippen LogP) is 2.98. The normalized spacial score (nSPS) is 19.0. The topological polar surface area (TPSA) is 134 Å². The van der Waals surface area contributed by atoms with Crippen molar-refractivity contribution in [2.24, 2.45) is 0 Å². The van der Waals surface area contributed by atoms with Gasteiger partial charge >= 0.3 is 12.0 Å². The molecule has 3 amide bonds. The minimum Gasteiger partial charge on any atom is -0.476 e. The number of aryl methyl sites for hydroxylation is 1. The van der Waals surface area contributed by atoms with Gasteiger partial charge in [0.25, 0.3) is 11.8 Å². The Kier molecular flexibility index (Phi) is 8.52. The molecule has 1 saturated heterocycles. The minimum absolute atomic E-state index is 0.00829. The molecule has 0 unspecified atom stereocenters. The van der Waals surface area contributed by atoms with Crippen molar-refractivity contribution in [2.75, 3.05) is 31.1 Å². The third-order valence-electron chi connectivity index (χ3n) is 7.09. The average Bonchev–Trinajstić information content (AvgIpc) is 3.20. The molecule has 1 aromatic heterocycles. The van der Waals surface area contributed by atoms with Crippen molar-refractivity contribution >= 4 is 23.4 Å². The lowest BCUT2D eigenvalue weighted by Crippen LogP contribution is -2.54. The number of hydrogen-bond acceptors (Lipinski definition) is 8. The molecule has 0 spiro atoms. The second-order valence-electron chi connectivity index (χ2n) is 10.6. The van der Waals surface area contributed by atoms with Crippen LogP contribution in [0.4, 0.5) is 18.9 Å². The quantitative estimate of drug-likeness (QED) is 0.485. The maximum absolute atomic E-state index is 14.2. The Morgan fingerprint density at radius 3 is 2.54 bits per heavy atom.